The highest BCUT2D eigenvalue weighted by molar-refractivity contribution is 9.11. The van der Waals surface area contributed by atoms with Gasteiger partial charge in [0.15, 0.2) is 0 Å². The third-order valence-corrected chi connectivity index (χ3v) is 3.31. The van der Waals surface area contributed by atoms with Crippen molar-refractivity contribution in [1.82, 2.24) is 9.97 Å². The fourth-order valence-electron chi connectivity index (χ4n) is 1.08. The maximum atomic E-state index is 4.29. The number of rotatable bonds is 2. The second kappa shape index (κ2) is 4.51. The fourth-order valence-corrected chi connectivity index (χ4v) is 2.93. The minimum absolute atomic E-state index is 0.787. The van der Waals surface area contributed by atoms with Crippen LogP contribution >= 0.6 is 43.2 Å². The van der Waals surface area contributed by atoms with E-state index in [0.717, 1.165) is 21.5 Å². The standard InChI is InChI=1S/C9H6Br2N2S/c10-7-5-8(11)13-9(12-7)4-6-2-1-3-14-6/h1-3,5H,4H2. The molecule has 0 N–H and O–H groups in total. The maximum Gasteiger partial charge on any atom is 0.136 e. The van der Waals surface area contributed by atoms with E-state index in [1.165, 1.54) is 4.88 Å². The van der Waals surface area contributed by atoms with E-state index in [0.29, 0.717) is 0 Å². The van der Waals surface area contributed by atoms with Crippen LogP contribution < -0.4 is 0 Å². The van der Waals surface area contributed by atoms with Crippen molar-refractivity contribution >= 4 is 43.2 Å². The van der Waals surface area contributed by atoms with E-state index in [1.807, 2.05) is 12.1 Å². The molecule has 0 unspecified atom stereocenters. The molecule has 0 amide bonds. The Kier molecular flexibility index (Phi) is 3.30. The summed E-state index contributed by atoms with van der Waals surface area (Å²) in [6, 6.07) is 5.95. The monoisotopic (exact) mass is 332 g/mol. The minimum Gasteiger partial charge on any atom is -0.226 e. The molecule has 0 fully saturated rings. The highest BCUT2D eigenvalue weighted by Gasteiger charge is 2.03. The van der Waals surface area contributed by atoms with E-state index >= 15 is 0 Å². The predicted octanol–water partition coefficient (Wildman–Crippen LogP) is 3.65. The van der Waals surface area contributed by atoms with Crippen molar-refractivity contribution in [1.29, 1.82) is 0 Å². The van der Waals surface area contributed by atoms with Gasteiger partial charge in [0, 0.05) is 17.4 Å². The lowest BCUT2D eigenvalue weighted by Gasteiger charge is -1.99. The molecule has 14 heavy (non-hydrogen) atoms. The highest BCUT2D eigenvalue weighted by atomic mass is 79.9. The lowest BCUT2D eigenvalue weighted by molar-refractivity contribution is 0.951. The van der Waals surface area contributed by atoms with Crippen LogP contribution in [0.2, 0.25) is 0 Å². The van der Waals surface area contributed by atoms with E-state index in [9.17, 15) is 0 Å². The lowest BCUT2D eigenvalue weighted by Crippen LogP contribution is -1.95. The molecule has 5 heteroatoms. The van der Waals surface area contributed by atoms with Crippen LogP contribution in [-0.2, 0) is 6.42 Å². The molecule has 72 valence electrons. The number of nitrogens with zero attached hydrogens (tertiary/aromatic N) is 2. The van der Waals surface area contributed by atoms with Crippen LogP contribution in [0.3, 0.4) is 0 Å². The average molecular weight is 334 g/mol. The second-order valence-electron chi connectivity index (χ2n) is 2.69. The number of aromatic nitrogens is 2. The zero-order valence-corrected chi connectivity index (χ0v) is 11.1. The van der Waals surface area contributed by atoms with Gasteiger partial charge in [-0.05, 0) is 43.3 Å². The van der Waals surface area contributed by atoms with Gasteiger partial charge in [-0.2, -0.15) is 0 Å². The van der Waals surface area contributed by atoms with Gasteiger partial charge in [0.25, 0.3) is 0 Å². The number of halogens is 2. The Bertz CT molecular complexity index is 408. The van der Waals surface area contributed by atoms with Gasteiger partial charge in [0.05, 0.1) is 0 Å². The third kappa shape index (κ3) is 2.62. The Hall–Kier alpha value is -0.260. The van der Waals surface area contributed by atoms with E-state index in [2.05, 4.69) is 53.3 Å². The van der Waals surface area contributed by atoms with Crippen LogP contribution in [0, 0.1) is 0 Å². The molecule has 2 heterocycles. The Balaban J connectivity index is 2.25. The maximum absolute atomic E-state index is 4.29. The summed E-state index contributed by atoms with van der Waals surface area (Å²) in [4.78, 5) is 9.86. The van der Waals surface area contributed by atoms with Gasteiger partial charge >= 0.3 is 0 Å². The summed E-state index contributed by atoms with van der Waals surface area (Å²) < 4.78 is 1.62. The van der Waals surface area contributed by atoms with Crippen molar-refractivity contribution in [3.8, 4) is 0 Å². The Morgan fingerprint density at radius 3 is 2.50 bits per heavy atom. The fraction of sp³-hybridized carbons (Fsp3) is 0.111. The summed E-state index contributed by atoms with van der Waals surface area (Å²) in [5, 5.41) is 2.06. The van der Waals surface area contributed by atoms with Crippen LogP contribution in [0.4, 0.5) is 0 Å². The first-order valence-electron chi connectivity index (χ1n) is 3.95. The van der Waals surface area contributed by atoms with Gasteiger partial charge < -0.3 is 0 Å². The molecule has 0 radical (unpaired) electrons. The highest BCUT2D eigenvalue weighted by Crippen LogP contribution is 2.17. The first-order valence-corrected chi connectivity index (χ1v) is 6.42. The largest absolute Gasteiger partial charge is 0.226 e. The molecule has 0 aromatic carbocycles. The first-order chi connectivity index (χ1) is 6.74. The molecule has 2 rings (SSSR count). The zero-order chi connectivity index (χ0) is 9.97. The smallest absolute Gasteiger partial charge is 0.136 e. The summed E-state index contributed by atoms with van der Waals surface area (Å²) in [6.07, 6.45) is 0.787. The van der Waals surface area contributed by atoms with Crippen molar-refractivity contribution in [2.45, 2.75) is 6.42 Å². The molecular weight excluding hydrogens is 328 g/mol. The lowest BCUT2D eigenvalue weighted by atomic mass is 10.3. The van der Waals surface area contributed by atoms with Gasteiger partial charge in [0.2, 0.25) is 0 Å². The quantitative estimate of drug-likeness (QED) is 0.784. The Morgan fingerprint density at radius 2 is 1.93 bits per heavy atom. The Labute approximate surface area is 103 Å². The van der Waals surface area contributed by atoms with Gasteiger partial charge in [0.1, 0.15) is 15.0 Å². The van der Waals surface area contributed by atoms with E-state index in [4.69, 9.17) is 0 Å². The molecule has 2 nitrogen and oxygen atoms in total. The van der Waals surface area contributed by atoms with Crippen molar-refractivity contribution < 1.29 is 0 Å². The Morgan fingerprint density at radius 1 is 1.21 bits per heavy atom. The number of hydrogen-bond donors (Lipinski definition) is 0. The van der Waals surface area contributed by atoms with Crippen molar-refractivity contribution in [2.24, 2.45) is 0 Å². The van der Waals surface area contributed by atoms with Gasteiger partial charge in [-0.3, -0.25) is 0 Å². The van der Waals surface area contributed by atoms with Gasteiger partial charge in [-0.15, -0.1) is 11.3 Å². The SMILES string of the molecule is Brc1cc(Br)nc(Cc2cccs2)n1. The van der Waals surface area contributed by atoms with Gasteiger partial charge in [-0.25, -0.2) is 9.97 Å². The van der Waals surface area contributed by atoms with E-state index in [1.54, 1.807) is 11.3 Å². The van der Waals surface area contributed by atoms with Crippen LogP contribution in [0.25, 0.3) is 0 Å². The molecule has 2 aromatic rings. The number of hydrogen-bond acceptors (Lipinski definition) is 3. The molecule has 0 saturated heterocycles. The second-order valence-corrected chi connectivity index (χ2v) is 5.34. The number of thiophene rings is 1. The van der Waals surface area contributed by atoms with Crippen LogP contribution in [0.5, 0.6) is 0 Å². The van der Waals surface area contributed by atoms with Crippen molar-refractivity contribution in [3.05, 3.63) is 43.5 Å². The molecule has 0 aliphatic carbocycles. The summed E-state index contributed by atoms with van der Waals surface area (Å²) >= 11 is 8.40. The molecule has 2 aromatic heterocycles. The average Bonchev–Trinajstić information content (AvgIpc) is 2.54. The molecule has 0 atom stereocenters. The molecule has 0 spiro atoms. The normalized spacial score (nSPS) is 10.4. The van der Waals surface area contributed by atoms with Crippen molar-refractivity contribution in [3.63, 3.8) is 0 Å². The molecule has 0 saturated carbocycles. The summed E-state index contributed by atoms with van der Waals surface area (Å²) in [7, 11) is 0. The van der Waals surface area contributed by atoms with Crippen LogP contribution in [0.15, 0.2) is 32.8 Å². The topological polar surface area (TPSA) is 25.8 Å². The summed E-state index contributed by atoms with van der Waals surface area (Å²) in [6.45, 7) is 0. The zero-order valence-electron chi connectivity index (χ0n) is 7.08. The molecule has 0 aliphatic heterocycles. The minimum atomic E-state index is 0.787. The molecule has 0 aliphatic rings. The third-order valence-electron chi connectivity index (χ3n) is 1.62. The predicted molar refractivity (Wildman–Crippen MR) is 64.6 cm³/mol. The molecule has 0 bridgehead atoms. The van der Waals surface area contributed by atoms with Gasteiger partial charge in [-0.1, -0.05) is 6.07 Å². The van der Waals surface area contributed by atoms with E-state index in [-0.39, 0.29) is 0 Å². The van der Waals surface area contributed by atoms with Crippen LogP contribution in [0.1, 0.15) is 10.7 Å². The molecular formula is C9H6Br2N2S. The first kappa shape index (κ1) is 10.3. The summed E-state index contributed by atoms with van der Waals surface area (Å²) in [5.41, 5.74) is 0. The summed E-state index contributed by atoms with van der Waals surface area (Å²) in [5.74, 6) is 0.828. The van der Waals surface area contributed by atoms with Crippen LogP contribution in [-0.4, -0.2) is 9.97 Å². The van der Waals surface area contributed by atoms with E-state index < -0.39 is 0 Å². The van der Waals surface area contributed by atoms with Crippen molar-refractivity contribution in [2.75, 3.05) is 0 Å².